The van der Waals surface area contributed by atoms with Gasteiger partial charge >= 0.3 is 0 Å². The Labute approximate surface area is 136 Å². The Morgan fingerprint density at radius 3 is 2.77 bits per heavy atom. The third kappa shape index (κ3) is 4.45. The number of nitrogens with zero attached hydrogens (tertiary/aromatic N) is 2. The molecule has 22 heavy (non-hydrogen) atoms. The molecule has 1 atom stereocenters. The summed E-state index contributed by atoms with van der Waals surface area (Å²) < 4.78 is 14.1. The van der Waals surface area contributed by atoms with Crippen LogP contribution in [0, 0.1) is 5.82 Å². The Morgan fingerprint density at radius 2 is 2.09 bits per heavy atom. The fourth-order valence-corrected chi connectivity index (χ4v) is 2.35. The molecule has 0 amide bonds. The highest BCUT2D eigenvalue weighted by molar-refractivity contribution is 7.59. The second-order valence-electron chi connectivity index (χ2n) is 5.06. The number of halogens is 1. The van der Waals surface area contributed by atoms with E-state index in [0.29, 0.717) is 23.1 Å². The van der Waals surface area contributed by atoms with Crippen molar-refractivity contribution in [3.63, 3.8) is 0 Å². The highest BCUT2D eigenvalue weighted by Crippen LogP contribution is 2.25. The zero-order valence-electron chi connectivity index (χ0n) is 12.6. The van der Waals surface area contributed by atoms with Gasteiger partial charge in [0.05, 0.1) is 10.9 Å². The maximum Gasteiger partial charge on any atom is 0.222 e. The van der Waals surface area contributed by atoms with E-state index in [0.717, 1.165) is 19.3 Å². The van der Waals surface area contributed by atoms with Crippen molar-refractivity contribution < 1.29 is 9.50 Å². The molecule has 0 spiro atoms. The van der Waals surface area contributed by atoms with E-state index in [2.05, 4.69) is 22.2 Å². The second-order valence-corrected chi connectivity index (χ2v) is 5.06. The van der Waals surface area contributed by atoms with Crippen molar-refractivity contribution >= 4 is 36.2 Å². The number of nitrogens with two attached hydrogens (primary N) is 1. The topological polar surface area (TPSA) is 84.1 Å². The molecule has 4 N–H and O–H groups in total. The van der Waals surface area contributed by atoms with Crippen LogP contribution in [0.1, 0.15) is 32.6 Å². The molecular weight excluding hydrogens is 303 g/mol. The number of hydrogen-bond acceptors (Lipinski definition) is 5. The number of aromatic nitrogens is 2. The number of unbranched alkanes of at least 4 members (excludes halogenated alkanes) is 1. The molecule has 0 fully saturated rings. The van der Waals surface area contributed by atoms with Crippen LogP contribution >= 0.6 is 13.5 Å². The number of nitrogens with one attached hydrogen (secondary N) is 1. The summed E-state index contributed by atoms with van der Waals surface area (Å²) in [6.07, 6.45) is 3.56. The van der Waals surface area contributed by atoms with Gasteiger partial charge in [0.2, 0.25) is 5.95 Å². The third-order valence-electron chi connectivity index (χ3n) is 3.41. The summed E-state index contributed by atoms with van der Waals surface area (Å²) in [5, 5.41) is 12.7. The molecule has 0 saturated heterocycles. The van der Waals surface area contributed by atoms with E-state index in [1.807, 2.05) is 0 Å². The standard InChI is InChI=1S/C15H21FN4O.H2S/c1-2-3-5-10(8-9-21)18-14-13-11(16)6-4-7-12(13)19-15(17)20-14;/h4,6-7,10,21H,2-3,5,8-9H2,1H3,(H3,17,18,19,20);1H2/t10-;/m0./s1. The number of aliphatic hydroxyl groups excluding tert-OH is 1. The van der Waals surface area contributed by atoms with Gasteiger partial charge in [-0.3, -0.25) is 0 Å². The van der Waals surface area contributed by atoms with Crippen LogP contribution in [0.25, 0.3) is 10.9 Å². The predicted molar refractivity (Wildman–Crippen MR) is 92.9 cm³/mol. The summed E-state index contributed by atoms with van der Waals surface area (Å²) in [6, 6.07) is 4.71. The van der Waals surface area contributed by atoms with Gasteiger partial charge in [-0.05, 0) is 25.0 Å². The first-order valence-corrected chi connectivity index (χ1v) is 7.24. The molecule has 0 aliphatic carbocycles. The van der Waals surface area contributed by atoms with Crippen LogP contribution in [0.4, 0.5) is 16.2 Å². The minimum Gasteiger partial charge on any atom is -0.396 e. The molecule has 2 rings (SSSR count). The van der Waals surface area contributed by atoms with Crippen molar-refractivity contribution in [1.82, 2.24) is 9.97 Å². The molecule has 2 aromatic rings. The third-order valence-corrected chi connectivity index (χ3v) is 3.41. The minimum atomic E-state index is -0.381. The largest absolute Gasteiger partial charge is 0.396 e. The number of anilines is 2. The van der Waals surface area contributed by atoms with Crippen LogP contribution in [0.3, 0.4) is 0 Å². The highest BCUT2D eigenvalue weighted by atomic mass is 32.1. The van der Waals surface area contributed by atoms with E-state index < -0.39 is 0 Å². The summed E-state index contributed by atoms with van der Waals surface area (Å²) in [7, 11) is 0. The molecule has 1 aromatic carbocycles. The molecule has 0 radical (unpaired) electrons. The molecule has 0 bridgehead atoms. The first-order chi connectivity index (χ1) is 10.2. The van der Waals surface area contributed by atoms with Gasteiger partial charge in [-0.15, -0.1) is 0 Å². The van der Waals surface area contributed by atoms with Gasteiger partial charge < -0.3 is 16.2 Å². The normalized spacial score (nSPS) is 12.0. The Balaban J connectivity index is 0.00000242. The predicted octanol–water partition coefficient (Wildman–Crippen LogP) is 2.82. The van der Waals surface area contributed by atoms with E-state index >= 15 is 0 Å². The van der Waals surface area contributed by atoms with Crippen LogP contribution in [0.5, 0.6) is 0 Å². The lowest BCUT2D eigenvalue weighted by molar-refractivity contribution is 0.276. The van der Waals surface area contributed by atoms with Crippen molar-refractivity contribution in [2.24, 2.45) is 0 Å². The average molecular weight is 326 g/mol. The fourth-order valence-electron chi connectivity index (χ4n) is 2.35. The van der Waals surface area contributed by atoms with E-state index in [4.69, 9.17) is 10.8 Å². The molecule has 7 heteroatoms. The molecule has 5 nitrogen and oxygen atoms in total. The summed E-state index contributed by atoms with van der Waals surface area (Å²) >= 11 is 0. The first kappa shape index (κ1) is 18.4. The number of benzene rings is 1. The minimum absolute atomic E-state index is 0. The van der Waals surface area contributed by atoms with Crippen LogP contribution in [0.2, 0.25) is 0 Å². The summed E-state index contributed by atoms with van der Waals surface area (Å²) in [6.45, 7) is 2.18. The zero-order valence-corrected chi connectivity index (χ0v) is 13.6. The number of aliphatic hydroxyl groups is 1. The van der Waals surface area contributed by atoms with Crippen molar-refractivity contribution in [3.8, 4) is 0 Å². The van der Waals surface area contributed by atoms with Crippen LogP contribution < -0.4 is 11.1 Å². The van der Waals surface area contributed by atoms with Gasteiger partial charge in [0.25, 0.3) is 0 Å². The molecule has 0 unspecified atom stereocenters. The maximum atomic E-state index is 14.1. The first-order valence-electron chi connectivity index (χ1n) is 7.24. The average Bonchev–Trinajstić information content (AvgIpc) is 2.44. The molecule has 0 aliphatic heterocycles. The van der Waals surface area contributed by atoms with Crippen LogP contribution in [-0.2, 0) is 0 Å². The quantitative estimate of drug-likeness (QED) is 0.728. The fraction of sp³-hybridized carbons (Fsp3) is 0.467. The van der Waals surface area contributed by atoms with Crippen molar-refractivity contribution in [1.29, 1.82) is 0 Å². The number of rotatable bonds is 7. The van der Waals surface area contributed by atoms with E-state index in [1.165, 1.54) is 6.07 Å². The molecule has 122 valence electrons. The van der Waals surface area contributed by atoms with Gasteiger partial charge in [-0.2, -0.15) is 18.5 Å². The van der Waals surface area contributed by atoms with Crippen LogP contribution in [0.15, 0.2) is 18.2 Å². The lowest BCUT2D eigenvalue weighted by Gasteiger charge is -2.19. The molecule has 1 heterocycles. The maximum absolute atomic E-state index is 14.1. The van der Waals surface area contributed by atoms with Crippen molar-refractivity contribution in [3.05, 3.63) is 24.0 Å². The number of fused-ring (bicyclic) bond motifs is 1. The lowest BCUT2D eigenvalue weighted by Crippen LogP contribution is -2.22. The monoisotopic (exact) mass is 326 g/mol. The van der Waals surface area contributed by atoms with E-state index in [1.54, 1.807) is 12.1 Å². The summed E-state index contributed by atoms with van der Waals surface area (Å²) in [5.74, 6) is 0.118. The van der Waals surface area contributed by atoms with Gasteiger partial charge in [-0.1, -0.05) is 25.8 Å². The Hall–Kier alpha value is -1.60. The van der Waals surface area contributed by atoms with Crippen molar-refractivity contribution in [2.45, 2.75) is 38.6 Å². The Bertz CT molecular complexity index is 611. The van der Waals surface area contributed by atoms with Crippen LogP contribution in [-0.4, -0.2) is 27.7 Å². The zero-order chi connectivity index (χ0) is 15.2. The summed E-state index contributed by atoms with van der Waals surface area (Å²) in [5.41, 5.74) is 6.17. The van der Waals surface area contributed by atoms with E-state index in [9.17, 15) is 4.39 Å². The van der Waals surface area contributed by atoms with Gasteiger partial charge in [-0.25, -0.2) is 9.37 Å². The Morgan fingerprint density at radius 1 is 1.32 bits per heavy atom. The van der Waals surface area contributed by atoms with E-state index in [-0.39, 0.29) is 37.9 Å². The molecular formula is C15H23FN4OS. The Kier molecular flexibility index (Phi) is 7.34. The number of hydrogen-bond donors (Lipinski definition) is 3. The summed E-state index contributed by atoms with van der Waals surface area (Å²) in [4.78, 5) is 8.18. The van der Waals surface area contributed by atoms with Gasteiger partial charge in [0.1, 0.15) is 11.6 Å². The highest BCUT2D eigenvalue weighted by Gasteiger charge is 2.14. The SMILES string of the molecule is CCCC[C@@H](CCO)Nc1nc(N)nc2cccc(F)c12.S. The number of nitrogen functional groups attached to an aromatic ring is 1. The molecule has 0 aliphatic rings. The van der Waals surface area contributed by atoms with Gasteiger partial charge in [0, 0.05) is 12.6 Å². The molecule has 0 saturated carbocycles. The van der Waals surface area contributed by atoms with Crippen molar-refractivity contribution in [2.75, 3.05) is 17.7 Å². The second kappa shape index (κ2) is 8.75. The smallest absolute Gasteiger partial charge is 0.222 e. The molecule has 1 aromatic heterocycles. The lowest BCUT2D eigenvalue weighted by atomic mass is 10.1. The van der Waals surface area contributed by atoms with Gasteiger partial charge in [0.15, 0.2) is 0 Å².